The number of hydrogen-bond donors (Lipinski definition) is 2. The zero-order valence-electron chi connectivity index (χ0n) is 6.54. The van der Waals surface area contributed by atoms with Crippen molar-refractivity contribution >= 4 is 11.6 Å². The maximum atomic E-state index is 10.9. The minimum atomic E-state index is -0.294. The van der Waals surface area contributed by atoms with E-state index < -0.39 is 0 Å². The van der Waals surface area contributed by atoms with Crippen molar-refractivity contribution in [2.24, 2.45) is 0 Å². The van der Waals surface area contributed by atoms with Crippen molar-refractivity contribution in [3.63, 3.8) is 0 Å². The van der Waals surface area contributed by atoms with Gasteiger partial charge in [-0.05, 0) is 6.07 Å². The van der Waals surface area contributed by atoms with Crippen molar-refractivity contribution in [1.82, 2.24) is 15.0 Å². The lowest BCUT2D eigenvalue weighted by Gasteiger charge is -1.95. The number of imidazole rings is 1. The molecule has 0 aliphatic heterocycles. The van der Waals surface area contributed by atoms with Crippen molar-refractivity contribution in [1.29, 1.82) is 0 Å². The second kappa shape index (κ2) is 3.06. The van der Waals surface area contributed by atoms with Crippen molar-refractivity contribution in [3.8, 4) is 11.4 Å². The van der Waals surface area contributed by atoms with Gasteiger partial charge >= 0.3 is 0 Å². The molecule has 2 heterocycles. The van der Waals surface area contributed by atoms with Crippen LogP contribution < -0.4 is 5.56 Å². The van der Waals surface area contributed by atoms with Crippen LogP contribution in [0, 0.1) is 0 Å². The molecule has 2 rings (SSSR count). The van der Waals surface area contributed by atoms with Crippen LogP contribution in [0.3, 0.4) is 0 Å². The number of H-pyrrole nitrogens is 2. The molecule has 0 amide bonds. The molecule has 2 aromatic rings. The van der Waals surface area contributed by atoms with E-state index in [1.165, 1.54) is 0 Å². The molecule has 0 radical (unpaired) electrons. The van der Waals surface area contributed by atoms with Crippen molar-refractivity contribution in [2.45, 2.75) is 0 Å². The van der Waals surface area contributed by atoms with Gasteiger partial charge in [0.1, 0.15) is 10.8 Å². The van der Waals surface area contributed by atoms with E-state index in [1.54, 1.807) is 24.7 Å². The highest BCUT2D eigenvalue weighted by atomic mass is 35.5. The fourth-order valence-electron chi connectivity index (χ4n) is 1.02. The summed E-state index contributed by atoms with van der Waals surface area (Å²) >= 11 is 5.65. The normalized spacial score (nSPS) is 10.2. The quantitative estimate of drug-likeness (QED) is 0.723. The summed E-state index contributed by atoms with van der Waals surface area (Å²) in [5.74, 6) is 0.679. The predicted molar refractivity (Wildman–Crippen MR) is 49.7 cm³/mol. The van der Waals surface area contributed by atoms with Gasteiger partial charge in [0, 0.05) is 24.2 Å². The molecule has 2 N–H and O–H groups in total. The predicted octanol–water partition coefficient (Wildman–Crippen LogP) is 1.42. The molecule has 0 fully saturated rings. The number of hydrogen-bond acceptors (Lipinski definition) is 2. The van der Waals surface area contributed by atoms with E-state index in [4.69, 9.17) is 11.6 Å². The van der Waals surface area contributed by atoms with Gasteiger partial charge < -0.3 is 9.97 Å². The third kappa shape index (κ3) is 1.48. The molecule has 0 aromatic carbocycles. The highest BCUT2D eigenvalue weighted by molar-refractivity contribution is 6.30. The number of halogens is 1. The maximum Gasteiger partial charge on any atom is 0.266 e. The topological polar surface area (TPSA) is 61.5 Å². The van der Waals surface area contributed by atoms with Gasteiger partial charge in [0.2, 0.25) is 0 Å². The Balaban J connectivity index is 2.55. The zero-order valence-corrected chi connectivity index (χ0v) is 7.30. The molecule has 5 heteroatoms. The van der Waals surface area contributed by atoms with Crippen LogP contribution in [-0.2, 0) is 0 Å². The zero-order chi connectivity index (χ0) is 9.26. The molecule has 4 nitrogen and oxygen atoms in total. The van der Waals surface area contributed by atoms with Crippen molar-refractivity contribution < 1.29 is 0 Å². The van der Waals surface area contributed by atoms with Crippen LogP contribution >= 0.6 is 11.6 Å². The molecule has 0 saturated carbocycles. The largest absolute Gasteiger partial charge is 0.345 e. The Kier molecular flexibility index (Phi) is 1.90. The Morgan fingerprint density at radius 3 is 2.85 bits per heavy atom. The smallest absolute Gasteiger partial charge is 0.266 e. The van der Waals surface area contributed by atoms with Crippen molar-refractivity contribution in [2.75, 3.05) is 0 Å². The molecule has 0 aliphatic rings. The summed E-state index contributed by atoms with van der Waals surface area (Å²) in [6, 6.07) is 1.57. The Labute approximate surface area is 78.6 Å². The lowest BCUT2D eigenvalue weighted by atomic mass is 10.3. The van der Waals surface area contributed by atoms with Crippen LogP contribution in [0.2, 0.25) is 5.02 Å². The van der Waals surface area contributed by atoms with Crippen LogP contribution in [0.5, 0.6) is 0 Å². The molecule has 0 bridgehead atoms. The fraction of sp³-hybridized carbons (Fsp3) is 0. The molecular weight excluding hydrogens is 190 g/mol. The second-order valence-electron chi connectivity index (χ2n) is 2.50. The van der Waals surface area contributed by atoms with E-state index in [9.17, 15) is 4.79 Å². The molecule has 66 valence electrons. The lowest BCUT2D eigenvalue weighted by molar-refractivity contribution is 1.21. The van der Waals surface area contributed by atoms with E-state index in [0.717, 1.165) is 5.56 Å². The van der Waals surface area contributed by atoms with E-state index in [1.807, 2.05) is 0 Å². The molecule has 13 heavy (non-hydrogen) atoms. The van der Waals surface area contributed by atoms with Crippen LogP contribution in [0.4, 0.5) is 0 Å². The average molecular weight is 196 g/mol. The number of aromatic nitrogens is 3. The monoisotopic (exact) mass is 195 g/mol. The third-order valence-corrected chi connectivity index (χ3v) is 1.91. The SMILES string of the molecule is O=c1[nH]cc(-c2ncc[nH]2)cc1Cl. The number of pyridine rings is 1. The van der Waals surface area contributed by atoms with Gasteiger partial charge in [-0.3, -0.25) is 4.79 Å². The fourth-order valence-corrected chi connectivity index (χ4v) is 1.19. The summed E-state index contributed by atoms with van der Waals surface area (Å²) in [5.41, 5.74) is 0.464. The number of nitrogens with zero attached hydrogens (tertiary/aromatic N) is 1. The van der Waals surface area contributed by atoms with Gasteiger partial charge in [0.05, 0.1) is 0 Å². The molecule has 0 atom stereocenters. The van der Waals surface area contributed by atoms with Gasteiger partial charge in [-0.2, -0.15) is 0 Å². The first-order valence-corrected chi connectivity index (χ1v) is 4.03. The first-order chi connectivity index (χ1) is 6.27. The molecule has 0 saturated heterocycles. The first kappa shape index (κ1) is 8.07. The summed E-state index contributed by atoms with van der Waals surface area (Å²) in [6.07, 6.45) is 4.90. The Bertz CT molecular complexity index is 460. The molecule has 0 spiro atoms. The summed E-state index contributed by atoms with van der Waals surface area (Å²) < 4.78 is 0. The van der Waals surface area contributed by atoms with E-state index in [0.29, 0.717) is 5.82 Å². The molecule has 0 unspecified atom stereocenters. The van der Waals surface area contributed by atoms with Crippen LogP contribution in [0.25, 0.3) is 11.4 Å². The summed E-state index contributed by atoms with van der Waals surface area (Å²) in [6.45, 7) is 0. The number of nitrogens with one attached hydrogen (secondary N) is 2. The highest BCUT2D eigenvalue weighted by Crippen LogP contribution is 2.14. The highest BCUT2D eigenvalue weighted by Gasteiger charge is 2.02. The standard InChI is InChI=1S/C8H6ClN3O/c9-6-3-5(4-12-8(6)13)7-10-1-2-11-7/h1-4H,(H,10,11)(H,12,13). The summed E-state index contributed by atoms with van der Waals surface area (Å²) in [4.78, 5) is 20.4. The Hall–Kier alpha value is -1.55. The van der Waals surface area contributed by atoms with Crippen LogP contribution in [0.1, 0.15) is 0 Å². The first-order valence-electron chi connectivity index (χ1n) is 3.65. The van der Waals surface area contributed by atoms with E-state index in [-0.39, 0.29) is 10.6 Å². The molecule has 2 aromatic heterocycles. The summed E-state index contributed by atoms with van der Waals surface area (Å²) in [7, 11) is 0. The van der Waals surface area contributed by atoms with Gasteiger partial charge in [0.25, 0.3) is 5.56 Å². The van der Waals surface area contributed by atoms with Gasteiger partial charge in [-0.1, -0.05) is 11.6 Å². The maximum absolute atomic E-state index is 10.9. The van der Waals surface area contributed by atoms with Crippen molar-refractivity contribution in [3.05, 3.63) is 40.0 Å². The van der Waals surface area contributed by atoms with Gasteiger partial charge in [-0.25, -0.2) is 4.98 Å². The molecular formula is C8H6ClN3O. The summed E-state index contributed by atoms with van der Waals surface area (Å²) in [5, 5.41) is 0.161. The average Bonchev–Trinajstić information content (AvgIpc) is 2.62. The van der Waals surface area contributed by atoms with Crippen LogP contribution in [0.15, 0.2) is 29.5 Å². The van der Waals surface area contributed by atoms with Crippen LogP contribution in [-0.4, -0.2) is 15.0 Å². The minimum absolute atomic E-state index is 0.161. The van der Waals surface area contributed by atoms with E-state index >= 15 is 0 Å². The number of rotatable bonds is 1. The van der Waals surface area contributed by atoms with Gasteiger partial charge in [-0.15, -0.1) is 0 Å². The Morgan fingerprint density at radius 2 is 2.23 bits per heavy atom. The second-order valence-corrected chi connectivity index (χ2v) is 2.91. The third-order valence-electron chi connectivity index (χ3n) is 1.63. The van der Waals surface area contributed by atoms with Gasteiger partial charge in [0.15, 0.2) is 0 Å². The minimum Gasteiger partial charge on any atom is -0.345 e. The Morgan fingerprint density at radius 1 is 1.38 bits per heavy atom. The molecule has 0 aliphatic carbocycles. The number of aromatic amines is 2. The van der Waals surface area contributed by atoms with E-state index in [2.05, 4.69) is 15.0 Å². The lowest BCUT2D eigenvalue weighted by Crippen LogP contribution is -2.04.